The lowest BCUT2D eigenvalue weighted by molar-refractivity contribution is -0.132. The van der Waals surface area contributed by atoms with Gasteiger partial charge in [0, 0.05) is 0 Å². The molecule has 2 amide bonds. The quantitative estimate of drug-likeness (QED) is 0.540. The van der Waals surface area contributed by atoms with E-state index in [4.69, 9.17) is 0 Å². The van der Waals surface area contributed by atoms with Crippen LogP contribution in [-0.4, -0.2) is 21.8 Å². The second kappa shape index (κ2) is 5.99. The van der Waals surface area contributed by atoms with Gasteiger partial charge < -0.3 is 0 Å². The Morgan fingerprint density at radius 3 is 1.54 bits per heavy atom. The molecule has 0 fully saturated rings. The normalized spacial score (nSPS) is 10.8. The predicted octanol–water partition coefficient (Wildman–Crippen LogP) is 3.48. The van der Waals surface area contributed by atoms with Gasteiger partial charge in [-0.3, -0.25) is 20.2 Å². The molecule has 2 N–H and O–H groups in total. The number of amides is 2. The van der Waals surface area contributed by atoms with E-state index in [1.807, 2.05) is 48.5 Å². The van der Waals surface area contributed by atoms with Crippen LogP contribution in [0, 0.1) is 0 Å². The highest BCUT2D eigenvalue weighted by atomic mass is 32.1. The third kappa shape index (κ3) is 2.84. The maximum Gasteiger partial charge on any atom is 0.315 e. The largest absolute Gasteiger partial charge is 0.315 e. The molecule has 0 bridgehead atoms. The van der Waals surface area contributed by atoms with Gasteiger partial charge in [0.1, 0.15) is 0 Å². The summed E-state index contributed by atoms with van der Waals surface area (Å²) in [6.07, 6.45) is 0. The summed E-state index contributed by atoms with van der Waals surface area (Å²) in [4.78, 5) is 32.6. The van der Waals surface area contributed by atoms with E-state index in [-0.39, 0.29) is 0 Å². The molecule has 0 aliphatic carbocycles. The van der Waals surface area contributed by atoms with Crippen LogP contribution >= 0.6 is 22.7 Å². The highest BCUT2D eigenvalue weighted by molar-refractivity contribution is 7.22. The molecular weight excluding hydrogens is 344 g/mol. The molecule has 4 aromatic rings. The molecular formula is C16H10N4O2S2. The first-order valence-corrected chi connectivity index (χ1v) is 8.66. The van der Waals surface area contributed by atoms with Crippen LogP contribution in [0.3, 0.4) is 0 Å². The van der Waals surface area contributed by atoms with Crippen molar-refractivity contribution in [1.82, 2.24) is 9.97 Å². The Kier molecular flexibility index (Phi) is 3.68. The second-order valence-corrected chi connectivity index (χ2v) is 6.94. The Morgan fingerprint density at radius 2 is 1.12 bits per heavy atom. The molecule has 0 unspecified atom stereocenters. The fourth-order valence-electron chi connectivity index (χ4n) is 2.16. The van der Waals surface area contributed by atoms with Gasteiger partial charge in [0.25, 0.3) is 0 Å². The molecule has 2 aromatic carbocycles. The van der Waals surface area contributed by atoms with E-state index in [1.54, 1.807) is 0 Å². The van der Waals surface area contributed by atoms with Crippen LogP contribution in [0.25, 0.3) is 20.4 Å². The van der Waals surface area contributed by atoms with Crippen molar-refractivity contribution in [2.24, 2.45) is 0 Å². The van der Waals surface area contributed by atoms with Gasteiger partial charge in [0.05, 0.1) is 20.4 Å². The van der Waals surface area contributed by atoms with E-state index in [0.717, 1.165) is 20.4 Å². The van der Waals surface area contributed by atoms with Crippen LogP contribution < -0.4 is 10.6 Å². The van der Waals surface area contributed by atoms with Gasteiger partial charge in [-0.1, -0.05) is 46.9 Å². The fourth-order valence-corrected chi connectivity index (χ4v) is 3.88. The number of nitrogens with zero attached hydrogens (tertiary/aromatic N) is 2. The molecule has 0 spiro atoms. The Bertz CT molecular complexity index is 918. The first-order valence-electron chi connectivity index (χ1n) is 7.02. The van der Waals surface area contributed by atoms with Crippen molar-refractivity contribution in [1.29, 1.82) is 0 Å². The predicted molar refractivity (Wildman–Crippen MR) is 96.5 cm³/mol. The van der Waals surface area contributed by atoms with Crippen LogP contribution in [0.2, 0.25) is 0 Å². The van der Waals surface area contributed by atoms with E-state index >= 15 is 0 Å². The number of hydrogen-bond donors (Lipinski definition) is 2. The summed E-state index contributed by atoms with van der Waals surface area (Å²) in [7, 11) is 0. The lowest BCUT2D eigenvalue weighted by atomic mass is 10.3. The molecule has 4 rings (SSSR count). The standard InChI is InChI=1S/C16H10N4O2S2/c21-13(19-15-17-9-5-1-3-7-11(9)23-15)14(22)20-16-18-10-6-2-4-8-12(10)24-16/h1-8H,(H,17,19,21)(H,18,20,22). The zero-order chi connectivity index (χ0) is 16.5. The van der Waals surface area contributed by atoms with Gasteiger partial charge in [-0.25, -0.2) is 9.97 Å². The van der Waals surface area contributed by atoms with E-state index in [9.17, 15) is 9.59 Å². The Morgan fingerprint density at radius 1 is 0.708 bits per heavy atom. The highest BCUT2D eigenvalue weighted by Gasteiger charge is 2.17. The van der Waals surface area contributed by atoms with Crippen molar-refractivity contribution >= 4 is 65.2 Å². The number of fused-ring (bicyclic) bond motifs is 2. The topological polar surface area (TPSA) is 84.0 Å². The third-order valence-corrected chi connectivity index (χ3v) is 5.14. The number of carbonyl (C=O) groups excluding carboxylic acids is 2. The molecule has 6 nitrogen and oxygen atoms in total. The number of rotatable bonds is 2. The lowest BCUT2D eigenvalue weighted by Crippen LogP contribution is -2.28. The summed E-state index contributed by atoms with van der Waals surface area (Å²) < 4.78 is 1.89. The molecule has 2 aromatic heterocycles. The van der Waals surface area contributed by atoms with Crippen molar-refractivity contribution in [2.75, 3.05) is 10.6 Å². The molecule has 0 aliphatic rings. The van der Waals surface area contributed by atoms with Crippen LogP contribution in [-0.2, 0) is 9.59 Å². The molecule has 8 heteroatoms. The number of nitrogens with one attached hydrogen (secondary N) is 2. The minimum atomic E-state index is -0.770. The maximum absolute atomic E-state index is 12.0. The summed E-state index contributed by atoms with van der Waals surface area (Å²) in [6, 6.07) is 15.0. The van der Waals surface area contributed by atoms with Crippen LogP contribution in [0.5, 0.6) is 0 Å². The highest BCUT2D eigenvalue weighted by Crippen LogP contribution is 2.26. The molecule has 2 heterocycles. The van der Waals surface area contributed by atoms with Gasteiger partial charge >= 0.3 is 11.8 Å². The van der Waals surface area contributed by atoms with Crippen molar-refractivity contribution in [3.8, 4) is 0 Å². The average Bonchev–Trinajstić information content (AvgIpc) is 3.16. The molecule has 24 heavy (non-hydrogen) atoms. The molecule has 0 radical (unpaired) electrons. The molecule has 0 saturated heterocycles. The summed E-state index contributed by atoms with van der Waals surface area (Å²) in [5, 5.41) is 5.82. The van der Waals surface area contributed by atoms with Crippen molar-refractivity contribution in [3.63, 3.8) is 0 Å². The summed E-state index contributed by atoms with van der Waals surface area (Å²) in [5.41, 5.74) is 1.56. The van der Waals surface area contributed by atoms with E-state index in [1.165, 1.54) is 22.7 Å². The van der Waals surface area contributed by atoms with E-state index < -0.39 is 11.8 Å². The number of hydrogen-bond acceptors (Lipinski definition) is 6. The Hall–Kier alpha value is -2.84. The number of thiazole rings is 2. The van der Waals surface area contributed by atoms with Crippen LogP contribution in [0.4, 0.5) is 10.3 Å². The number of benzene rings is 2. The average molecular weight is 354 g/mol. The third-order valence-electron chi connectivity index (χ3n) is 3.23. The van der Waals surface area contributed by atoms with Crippen molar-refractivity contribution < 1.29 is 9.59 Å². The zero-order valence-corrected chi connectivity index (χ0v) is 13.8. The summed E-state index contributed by atoms with van der Waals surface area (Å²) >= 11 is 2.63. The number of anilines is 2. The van der Waals surface area contributed by atoms with Gasteiger partial charge in [-0.05, 0) is 24.3 Å². The number of para-hydroxylation sites is 2. The van der Waals surface area contributed by atoms with Gasteiger partial charge in [0.2, 0.25) is 0 Å². The Balaban J connectivity index is 1.48. The lowest BCUT2D eigenvalue weighted by Gasteiger charge is -2.00. The summed E-state index contributed by atoms with van der Waals surface area (Å²) in [6.45, 7) is 0. The van der Waals surface area contributed by atoms with E-state index in [0.29, 0.717) is 10.3 Å². The Labute approximate surface area is 144 Å². The molecule has 0 atom stereocenters. The molecule has 0 saturated carbocycles. The second-order valence-electron chi connectivity index (χ2n) is 4.88. The zero-order valence-electron chi connectivity index (χ0n) is 12.1. The first kappa shape index (κ1) is 14.7. The fraction of sp³-hybridized carbons (Fsp3) is 0. The van der Waals surface area contributed by atoms with Gasteiger partial charge in [0.15, 0.2) is 10.3 Å². The smallest absolute Gasteiger partial charge is 0.294 e. The number of carbonyl (C=O) groups is 2. The molecule has 118 valence electrons. The summed E-state index contributed by atoms with van der Waals surface area (Å²) in [5.74, 6) is -1.54. The number of aromatic nitrogens is 2. The maximum atomic E-state index is 12.0. The minimum Gasteiger partial charge on any atom is -0.294 e. The van der Waals surface area contributed by atoms with E-state index in [2.05, 4.69) is 20.6 Å². The van der Waals surface area contributed by atoms with Crippen molar-refractivity contribution in [3.05, 3.63) is 48.5 Å². The van der Waals surface area contributed by atoms with Gasteiger partial charge in [-0.15, -0.1) is 0 Å². The monoisotopic (exact) mass is 354 g/mol. The SMILES string of the molecule is O=C(Nc1nc2ccccc2s1)C(=O)Nc1nc2ccccc2s1. The van der Waals surface area contributed by atoms with Crippen LogP contribution in [0.1, 0.15) is 0 Å². The minimum absolute atomic E-state index is 0.389. The first-order chi connectivity index (χ1) is 11.7. The molecule has 0 aliphatic heterocycles. The van der Waals surface area contributed by atoms with Crippen molar-refractivity contribution in [2.45, 2.75) is 0 Å². The van der Waals surface area contributed by atoms with Crippen LogP contribution in [0.15, 0.2) is 48.5 Å². The van der Waals surface area contributed by atoms with Gasteiger partial charge in [-0.2, -0.15) is 0 Å².